The van der Waals surface area contributed by atoms with Crippen LogP contribution in [-0.2, 0) is 121 Å². The highest BCUT2D eigenvalue weighted by atomic mass is 19.2. The molecular weight excluding hydrogens is 1700 g/mol. The maximum absolute atomic E-state index is 13.6. The van der Waals surface area contributed by atoms with Crippen LogP contribution >= 0.6 is 0 Å². The van der Waals surface area contributed by atoms with Gasteiger partial charge in [-0.15, -0.1) is 0 Å². The second-order valence-electron chi connectivity index (χ2n) is 45.5. The molecule has 0 spiro atoms. The Morgan fingerprint density at radius 2 is 0.537 bits per heavy atom. The van der Waals surface area contributed by atoms with Gasteiger partial charge in [-0.25, -0.2) is 18.7 Å². The van der Waals surface area contributed by atoms with Gasteiger partial charge in [0.25, 0.3) is 0 Å². The number of ketones is 5. The minimum Gasteiger partial charge on any atom is -0.367 e. The van der Waals surface area contributed by atoms with E-state index >= 15 is 0 Å². The van der Waals surface area contributed by atoms with Crippen molar-refractivity contribution in [1.82, 2.24) is 24.9 Å². The van der Waals surface area contributed by atoms with Crippen molar-refractivity contribution in [2.75, 3.05) is 57.2 Å². The van der Waals surface area contributed by atoms with Gasteiger partial charge in [0.15, 0.2) is 5.82 Å². The van der Waals surface area contributed by atoms with E-state index in [-0.39, 0.29) is 44.5 Å². The molecule has 0 radical (unpaired) electrons. The number of anilines is 5. The third kappa shape index (κ3) is 30.0. The normalized spacial score (nSPS) is 14.2. The zero-order valence-corrected chi connectivity index (χ0v) is 86.7. The van der Waals surface area contributed by atoms with Gasteiger partial charge < -0.3 is 24.5 Å². The molecule has 5 aromatic carbocycles. The van der Waals surface area contributed by atoms with Gasteiger partial charge in [0.05, 0.1) is 17.6 Å². The zero-order valence-electron chi connectivity index (χ0n) is 86.7. The summed E-state index contributed by atoms with van der Waals surface area (Å²) in [5.74, 6) is -1.12. The van der Waals surface area contributed by atoms with Gasteiger partial charge in [-0.1, -0.05) is 122 Å². The number of benzene rings is 5. The van der Waals surface area contributed by atoms with Gasteiger partial charge in [-0.05, 0) is 312 Å². The fourth-order valence-corrected chi connectivity index (χ4v) is 19.8. The second-order valence-corrected chi connectivity index (χ2v) is 45.5. The number of pyridine rings is 5. The fourth-order valence-electron chi connectivity index (χ4n) is 19.8. The van der Waals surface area contributed by atoms with Crippen LogP contribution in [0.15, 0.2) is 116 Å². The molecule has 0 atom stereocenters. The van der Waals surface area contributed by atoms with E-state index < -0.39 is 17.7 Å². The van der Waals surface area contributed by atoms with Gasteiger partial charge in [0.1, 0.15) is 34.7 Å². The minimum atomic E-state index is -1.02. The van der Waals surface area contributed by atoms with E-state index in [0.717, 1.165) is 172 Å². The maximum Gasteiger partial charge on any atom is 0.249 e. The van der Waals surface area contributed by atoms with Crippen LogP contribution < -0.4 is 24.5 Å². The van der Waals surface area contributed by atoms with Crippen molar-refractivity contribution in [1.29, 1.82) is 0 Å². The third-order valence-corrected chi connectivity index (χ3v) is 26.2. The fraction of sp³-hybridized carbons (Fsp3) is 0.487. The predicted molar refractivity (Wildman–Crippen MR) is 548 cm³/mol. The lowest BCUT2D eigenvalue weighted by Gasteiger charge is -2.31. The first-order chi connectivity index (χ1) is 63.5. The summed E-state index contributed by atoms with van der Waals surface area (Å²) in [4.78, 5) is 95.1. The Morgan fingerprint density at radius 3 is 0.838 bits per heavy atom. The number of Topliss-reactive ketones (excluding diaryl/α,β-unsaturated/α-hetero) is 5. The number of carbonyl (C=O) groups is 5. The van der Waals surface area contributed by atoms with Gasteiger partial charge >= 0.3 is 0 Å². The molecule has 5 aliphatic heterocycles. The van der Waals surface area contributed by atoms with Crippen LogP contribution in [-0.4, -0.2) is 86.6 Å². The smallest absolute Gasteiger partial charge is 0.249 e. The molecule has 726 valence electrons. The van der Waals surface area contributed by atoms with E-state index in [1.54, 1.807) is 6.07 Å². The lowest BCUT2D eigenvalue weighted by atomic mass is 9.86. The summed E-state index contributed by atoms with van der Waals surface area (Å²) in [5.41, 5.74) is 36.1. The molecule has 0 saturated heterocycles. The summed E-state index contributed by atoms with van der Waals surface area (Å²) in [6.45, 7) is 64.8. The van der Waals surface area contributed by atoms with E-state index in [0.29, 0.717) is 113 Å². The molecule has 15 nitrogen and oxygen atoms in total. The third-order valence-electron chi connectivity index (χ3n) is 26.2. The molecule has 0 aliphatic carbocycles. The Kier molecular flexibility index (Phi) is 34.2. The van der Waals surface area contributed by atoms with Crippen molar-refractivity contribution < 1.29 is 41.5 Å². The molecular formula is C117H150F4N10O5. The highest BCUT2D eigenvalue weighted by molar-refractivity contribution is 5.85. The first kappa shape index (κ1) is 105. The number of fused-ring (bicyclic) bond motifs is 5. The number of halogens is 4. The van der Waals surface area contributed by atoms with Gasteiger partial charge in [-0.2, -0.15) is 8.78 Å². The monoisotopic (exact) mass is 1850 g/mol. The SMILES string of the molecule is Cc1cc(N2CCc3nc(F)c(F)cc3C2)cc(C)c1CC(=O)CC(C)(C)C.Cc1cc(N2CCc3nc(F)ccc3C2)cc(C)c1CC(=O)CC(C)(C)C.Cc1cc(N2CCc3ncc(F)cc3C2)cc(C)c1CC(=O)CC(C)(C)C.Cc1ccc2c(n1)CCN(c1cc(C)c(CC(=O)CC(C)(C)C)c(C)c1)C2.Cc1cnc2c(c1)CN(c1cc(C)c(CC(=O)CC(C)(C)C)c(C)c1)CC2. The lowest BCUT2D eigenvalue weighted by molar-refractivity contribution is -0.121. The topological polar surface area (TPSA) is 166 Å². The number of hydrogen-bond donors (Lipinski definition) is 0. The highest BCUT2D eigenvalue weighted by Gasteiger charge is 2.31. The molecule has 5 aliphatic rings. The molecule has 0 amide bonds. The first-order valence-corrected chi connectivity index (χ1v) is 48.9. The second kappa shape index (κ2) is 44.2. The molecule has 0 fully saturated rings. The van der Waals surface area contributed by atoms with Crippen molar-refractivity contribution >= 4 is 57.4 Å². The Labute approximate surface area is 809 Å². The van der Waals surface area contributed by atoms with Crippen LogP contribution in [0.25, 0.3) is 0 Å². The summed E-state index contributed by atoms with van der Waals surface area (Å²) in [7, 11) is 0. The van der Waals surface area contributed by atoms with Crippen molar-refractivity contribution in [3.63, 3.8) is 0 Å². The van der Waals surface area contributed by atoms with Crippen LogP contribution in [0, 0.1) is 134 Å². The predicted octanol–water partition coefficient (Wildman–Crippen LogP) is 25.2. The maximum atomic E-state index is 13.6. The quantitative estimate of drug-likeness (QED) is 0.0522. The van der Waals surface area contributed by atoms with Crippen LogP contribution in [0.3, 0.4) is 0 Å². The zero-order chi connectivity index (χ0) is 99.7. The molecule has 0 unspecified atom stereocenters. The minimum absolute atomic E-state index is 0.0111. The van der Waals surface area contributed by atoms with Crippen LogP contribution in [0.4, 0.5) is 46.0 Å². The molecule has 0 N–H and O–H groups in total. The van der Waals surface area contributed by atoms with Crippen LogP contribution in [0.5, 0.6) is 0 Å². The van der Waals surface area contributed by atoms with Gasteiger partial charge in [-0.3, -0.25) is 38.9 Å². The number of aryl methyl sites for hydroxylation is 12. The van der Waals surface area contributed by atoms with E-state index in [2.05, 4.69) is 301 Å². The van der Waals surface area contributed by atoms with E-state index in [1.807, 2.05) is 26.1 Å². The Bertz CT molecular complexity index is 5670. The molecule has 0 saturated carbocycles. The van der Waals surface area contributed by atoms with E-state index in [4.69, 9.17) is 0 Å². The number of aromatic nitrogens is 5. The standard InChI is InChI=1S/2C24H32N2O.C23H28F2N2O.2C23H29FN2O/c1-16-9-19-15-26(8-7-23(19)25-14-16)20-10-17(2)22(18(3)11-20)12-21(27)13-24(4,5)6;1-16-11-20(12-17(2)22(16)13-21(27)14-24(4,5)6)26-10-9-23-19(15-26)8-7-18(3)25-23;1-14-8-17(9-15(2)19(14)11-18(28)12-23(3,4)5)27-7-6-21-16(13-27)10-20(24)22(25)26-21;1-15-8-19(9-16(2)21(15)11-20(27)12-23(3,4)5)26-7-6-22-17(14-26)10-18(24)13-25-22;1-15-10-18(11-16(2)20(15)12-19(27)13-23(3,4)5)26-9-8-21-17(14-26)6-7-22(24)25-21/h9-11,14H,7-8,12-13,15H2,1-6H3;7-8,11-12H,9-10,13-15H2,1-6H3;8-10H,6-7,11-13H2,1-5H3;8-10,13H,6-7,11-12,14H2,1-5H3;6-7,10-11H,8-9,12-14H2,1-5H3. The average molecular weight is 1850 g/mol. The number of rotatable bonds is 20. The summed E-state index contributed by atoms with van der Waals surface area (Å²) in [6.07, 6.45) is 12.9. The van der Waals surface area contributed by atoms with Gasteiger partial charge in [0, 0.05) is 219 Å². The van der Waals surface area contributed by atoms with Gasteiger partial charge in [0.2, 0.25) is 11.9 Å². The van der Waals surface area contributed by atoms with Crippen LogP contribution in [0.1, 0.15) is 287 Å². The summed E-state index contributed by atoms with van der Waals surface area (Å²) >= 11 is 0. The molecule has 136 heavy (non-hydrogen) atoms. The summed E-state index contributed by atoms with van der Waals surface area (Å²) in [5, 5.41) is 0. The highest BCUT2D eigenvalue weighted by Crippen LogP contribution is 2.38. The number of carbonyl (C=O) groups excluding carboxylic acids is 5. The lowest BCUT2D eigenvalue weighted by Crippen LogP contribution is -2.31. The number of hydrogen-bond acceptors (Lipinski definition) is 15. The average Bonchev–Trinajstić information content (AvgIpc) is 0.810. The molecule has 5 aromatic heterocycles. The number of nitrogens with zero attached hydrogens (tertiary/aromatic N) is 10. The van der Waals surface area contributed by atoms with Crippen molar-refractivity contribution in [3.05, 3.63) is 290 Å². The largest absolute Gasteiger partial charge is 0.367 e. The van der Waals surface area contributed by atoms with E-state index in [1.165, 1.54) is 91.2 Å². The van der Waals surface area contributed by atoms with Crippen molar-refractivity contribution in [2.45, 2.75) is 316 Å². The van der Waals surface area contributed by atoms with Crippen molar-refractivity contribution in [3.8, 4) is 0 Å². The summed E-state index contributed by atoms with van der Waals surface area (Å²) in [6, 6.07) is 34.5. The van der Waals surface area contributed by atoms with Crippen molar-refractivity contribution in [2.24, 2.45) is 27.1 Å². The van der Waals surface area contributed by atoms with E-state index in [9.17, 15) is 41.5 Å². The Hall–Kier alpha value is -11.1. The molecule has 10 aromatic rings. The molecule has 15 rings (SSSR count). The first-order valence-electron chi connectivity index (χ1n) is 48.9. The van der Waals surface area contributed by atoms with Crippen LogP contribution in [0.2, 0.25) is 0 Å². The Morgan fingerprint density at radius 1 is 0.287 bits per heavy atom. The molecule has 0 bridgehead atoms. The summed E-state index contributed by atoms with van der Waals surface area (Å²) < 4.78 is 53.8. The molecule has 10 heterocycles. The Balaban J connectivity index is 0.000000163. The molecule has 19 heteroatoms.